The number of guanidine groups is 1. The first kappa shape index (κ1) is 21.5. The highest BCUT2D eigenvalue weighted by atomic mass is 127. The van der Waals surface area contributed by atoms with E-state index in [9.17, 15) is 0 Å². The van der Waals surface area contributed by atoms with E-state index < -0.39 is 0 Å². The largest absolute Gasteiger partial charge is 0.497 e. The fraction of sp³-hybridized carbons (Fsp3) is 0.143. The first-order chi connectivity index (χ1) is 13.2. The van der Waals surface area contributed by atoms with Crippen molar-refractivity contribution in [2.75, 3.05) is 12.4 Å². The van der Waals surface area contributed by atoms with Crippen LogP contribution in [0.15, 0.2) is 77.9 Å². The number of halogens is 1. The third-order valence-electron chi connectivity index (χ3n) is 3.83. The lowest BCUT2D eigenvalue weighted by Crippen LogP contribution is -2.22. The first-order valence-electron chi connectivity index (χ1n) is 8.56. The van der Waals surface area contributed by atoms with Crippen LogP contribution >= 0.6 is 24.0 Å². The second-order valence-electron chi connectivity index (χ2n) is 5.80. The monoisotopic (exact) mass is 490 g/mol. The van der Waals surface area contributed by atoms with Crippen LogP contribution in [0.4, 0.5) is 5.69 Å². The zero-order valence-corrected chi connectivity index (χ0v) is 17.9. The second kappa shape index (κ2) is 11.1. The van der Waals surface area contributed by atoms with E-state index in [0.29, 0.717) is 25.0 Å². The average molecular weight is 490 g/mol. The summed E-state index contributed by atoms with van der Waals surface area (Å²) in [5.41, 5.74) is 8.75. The van der Waals surface area contributed by atoms with Gasteiger partial charge in [0.05, 0.1) is 13.7 Å². The Bertz CT molecular complexity index is 904. The highest BCUT2D eigenvalue weighted by molar-refractivity contribution is 14.0. The number of nitrogens with zero attached hydrogens (tertiary/aromatic N) is 2. The van der Waals surface area contributed by atoms with Crippen molar-refractivity contribution in [1.29, 1.82) is 0 Å². The maximum Gasteiger partial charge on any atom is 0.218 e. The smallest absolute Gasteiger partial charge is 0.218 e. The van der Waals surface area contributed by atoms with Gasteiger partial charge in [0.2, 0.25) is 5.88 Å². The summed E-state index contributed by atoms with van der Waals surface area (Å²) < 4.78 is 11.0. The lowest BCUT2D eigenvalue weighted by atomic mass is 10.2. The quantitative estimate of drug-likeness (QED) is 0.295. The Morgan fingerprint density at radius 2 is 1.89 bits per heavy atom. The molecule has 7 heteroatoms. The zero-order chi connectivity index (χ0) is 18.9. The summed E-state index contributed by atoms with van der Waals surface area (Å²) in [7, 11) is 1.62. The van der Waals surface area contributed by atoms with E-state index in [1.807, 2.05) is 66.7 Å². The van der Waals surface area contributed by atoms with Gasteiger partial charge in [-0.3, -0.25) is 0 Å². The Morgan fingerprint density at radius 3 is 2.68 bits per heavy atom. The van der Waals surface area contributed by atoms with Crippen LogP contribution in [-0.2, 0) is 13.2 Å². The van der Waals surface area contributed by atoms with Crippen LogP contribution in [0.25, 0.3) is 0 Å². The Morgan fingerprint density at radius 1 is 1.07 bits per heavy atom. The highest BCUT2D eigenvalue weighted by Crippen LogP contribution is 2.18. The summed E-state index contributed by atoms with van der Waals surface area (Å²) in [6.07, 6.45) is 1.70. The van der Waals surface area contributed by atoms with Crippen molar-refractivity contribution in [2.45, 2.75) is 13.2 Å². The van der Waals surface area contributed by atoms with Crippen molar-refractivity contribution in [1.82, 2.24) is 4.98 Å². The van der Waals surface area contributed by atoms with Crippen molar-refractivity contribution >= 4 is 35.6 Å². The van der Waals surface area contributed by atoms with Gasteiger partial charge in [-0.05, 0) is 23.8 Å². The number of aromatic nitrogens is 1. The molecule has 0 amide bonds. The third kappa shape index (κ3) is 6.41. The number of hydrogen-bond acceptors (Lipinski definition) is 4. The van der Waals surface area contributed by atoms with Crippen LogP contribution in [0.2, 0.25) is 0 Å². The van der Waals surface area contributed by atoms with E-state index >= 15 is 0 Å². The molecular weight excluding hydrogens is 467 g/mol. The number of nitrogens with one attached hydrogen (secondary N) is 1. The molecule has 0 aliphatic carbocycles. The molecule has 0 bridgehead atoms. The molecule has 28 heavy (non-hydrogen) atoms. The fourth-order valence-corrected chi connectivity index (χ4v) is 2.46. The second-order valence-corrected chi connectivity index (χ2v) is 5.80. The van der Waals surface area contributed by atoms with Gasteiger partial charge < -0.3 is 20.5 Å². The molecule has 3 rings (SSSR count). The normalized spacial score (nSPS) is 10.7. The van der Waals surface area contributed by atoms with Gasteiger partial charge in [0.15, 0.2) is 5.96 Å². The number of anilines is 1. The van der Waals surface area contributed by atoms with Gasteiger partial charge in [0.1, 0.15) is 12.4 Å². The number of pyridine rings is 1. The summed E-state index contributed by atoms with van der Waals surface area (Å²) in [4.78, 5) is 8.69. The molecule has 0 aliphatic rings. The van der Waals surface area contributed by atoms with Crippen LogP contribution < -0.4 is 20.5 Å². The Hall–Kier alpha value is -2.81. The van der Waals surface area contributed by atoms with Crippen molar-refractivity contribution in [3.63, 3.8) is 0 Å². The molecule has 0 radical (unpaired) electrons. The van der Waals surface area contributed by atoms with Gasteiger partial charge >= 0.3 is 0 Å². The molecule has 146 valence electrons. The predicted octanol–water partition coefficient (Wildman–Crippen LogP) is 4.21. The van der Waals surface area contributed by atoms with E-state index in [-0.39, 0.29) is 24.0 Å². The summed E-state index contributed by atoms with van der Waals surface area (Å²) in [6, 6.07) is 21.2. The Kier molecular flexibility index (Phi) is 8.54. The lowest BCUT2D eigenvalue weighted by molar-refractivity contribution is 0.290. The third-order valence-corrected chi connectivity index (χ3v) is 3.83. The number of rotatable bonds is 7. The van der Waals surface area contributed by atoms with Crippen molar-refractivity contribution in [3.05, 3.63) is 84.1 Å². The van der Waals surface area contributed by atoms with E-state index in [1.165, 1.54) is 0 Å². The molecule has 0 saturated heterocycles. The molecule has 1 aromatic heterocycles. The Labute approximate surface area is 181 Å². The molecule has 2 aromatic carbocycles. The number of benzene rings is 2. The Balaban J connectivity index is 0.00000280. The zero-order valence-electron chi connectivity index (χ0n) is 15.5. The maximum atomic E-state index is 6.00. The number of aliphatic imine (C=N–C) groups is 1. The molecule has 3 N–H and O–H groups in total. The number of nitrogens with two attached hydrogens (primary N) is 1. The highest BCUT2D eigenvalue weighted by Gasteiger charge is 2.05. The minimum atomic E-state index is 0. The minimum Gasteiger partial charge on any atom is -0.497 e. The molecular formula is C21H23IN4O2. The average Bonchev–Trinajstić information content (AvgIpc) is 2.72. The maximum absolute atomic E-state index is 6.00. The lowest BCUT2D eigenvalue weighted by Gasteiger charge is -2.10. The van der Waals surface area contributed by atoms with E-state index in [1.54, 1.807) is 13.3 Å². The van der Waals surface area contributed by atoms with Crippen LogP contribution in [0.3, 0.4) is 0 Å². The summed E-state index contributed by atoms with van der Waals surface area (Å²) in [5.74, 6) is 1.61. The number of methoxy groups -OCH3 is 1. The van der Waals surface area contributed by atoms with E-state index in [2.05, 4.69) is 15.3 Å². The number of hydrogen-bond donors (Lipinski definition) is 2. The van der Waals surface area contributed by atoms with Gasteiger partial charge in [-0.2, -0.15) is 0 Å². The topological polar surface area (TPSA) is 81.8 Å². The molecule has 0 saturated carbocycles. The summed E-state index contributed by atoms with van der Waals surface area (Å²) in [5, 5.41) is 3.05. The molecule has 0 atom stereocenters. The van der Waals surface area contributed by atoms with Gasteiger partial charge in [-0.25, -0.2) is 9.98 Å². The van der Waals surface area contributed by atoms with Crippen LogP contribution in [0.1, 0.15) is 11.1 Å². The van der Waals surface area contributed by atoms with E-state index in [0.717, 1.165) is 22.6 Å². The first-order valence-corrected chi connectivity index (χ1v) is 8.56. The minimum absolute atomic E-state index is 0. The van der Waals surface area contributed by atoms with Crippen molar-refractivity contribution < 1.29 is 9.47 Å². The fourth-order valence-electron chi connectivity index (χ4n) is 2.46. The summed E-state index contributed by atoms with van der Waals surface area (Å²) in [6.45, 7) is 0.812. The molecule has 3 aromatic rings. The van der Waals surface area contributed by atoms with Gasteiger partial charge in [-0.1, -0.05) is 42.5 Å². The van der Waals surface area contributed by atoms with Gasteiger partial charge in [-0.15, -0.1) is 24.0 Å². The van der Waals surface area contributed by atoms with Crippen LogP contribution in [-0.4, -0.2) is 18.1 Å². The van der Waals surface area contributed by atoms with Crippen molar-refractivity contribution in [2.24, 2.45) is 10.7 Å². The molecule has 1 heterocycles. The SMILES string of the molecule is COc1cccc(NC(N)=NCc2cccnc2OCc2ccccc2)c1.I. The molecule has 0 aliphatic heterocycles. The van der Waals surface area contributed by atoms with Crippen LogP contribution in [0, 0.1) is 0 Å². The standard InChI is InChI=1S/C21H22N4O2.HI/c1-26-19-11-5-10-18(13-19)25-21(22)24-14-17-9-6-12-23-20(17)27-15-16-7-3-2-4-8-16;/h2-13H,14-15H2,1H3,(H3,22,24,25);1H. The van der Waals surface area contributed by atoms with E-state index in [4.69, 9.17) is 15.2 Å². The molecule has 6 nitrogen and oxygen atoms in total. The van der Waals surface area contributed by atoms with Gasteiger partial charge in [0, 0.05) is 23.5 Å². The predicted molar refractivity (Wildman–Crippen MR) is 122 cm³/mol. The molecule has 0 spiro atoms. The van der Waals surface area contributed by atoms with Crippen LogP contribution in [0.5, 0.6) is 11.6 Å². The summed E-state index contributed by atoms with van der Waals surface area (Å²) >= 11 is 0. The van der Waals surface area contributed by atoms with Gasteiger partial charge in [0.25, 0.3) is 0 Å². The molecule has 0 fully saturated rings. The van der Waals surface area contributed by atoms with Crippen molar-refractivity contribution in [3.8, 4) is 11.6 Å². The number of ether oxygens (including phenoxy) is 2. The molecule has 0 unspecified atom stereocenters.